The summed E-state index contributed by atoms with van der Waals surface area (Å²) in [4.78, 5) is 12.6. The van der Waals surface area contributed by atoms with Crippen molar-refractivity contribution in [1.29, 1.82) is 0 Å². The Morgan fingerprint density at radius 2 is 2.06 bits per heavy atom. The molecule has 1 N–H and O–H groups in total. The Hall–Kier alpha value is -1.58. The van der Waals surface area contributed by atoms with Gasteiger partial charge in [-0.1, -0.05) is 18.2 Å². The number of rotatable bonds is 2. The zero-order chi connectivity index (χ0) is 11.6. The molecule has 0 spiro atoms. The van der Waals surface area contributed by atoms with Crippen molar-refractivity contribution < 1.29 is 14.3 Å². The molecule has 0 saturated carbocycles. The third-order valence-electron chi connectivity index (χ3n) is 2.95. The number of carbonyl (C=O) groups is 1. The first-order valence-corrected chi connectivity index (χ1v) is 5.34. The van der Waals surface area contributed by atoms with Crippen LogP contribution in [0.2, 0.25) is 0 Å². The van der Waals surface area contributed by atoms with Crippen LogP contribution in [-0.4, -0.2) is 29.8 Å². The third kappa shape index (κ3) is 2.01. The maximum Gasteiger partial charge on any atom is 0.343 e. The van der Waals surface area contributed by atoms with E-state index in [-0.39, 0.29) is 13.0 Å². The Morgan fingerprint density at radius 3 is 2.69 bits per heavy atom. The molecule has 1 aliphatic rings. The Morgan fingerprint density at radius 1 is 1.38 bits per heavy atom. The van der Waals surface area contributed by atoms with Gasteiger partial charge in [0.1, 0.15) is 0 Å². The molecule has 0 radical (unpaired) electrons. The number of halogens is 1. The summed E-state index contributed by atoms with van der Waals surface area (Å²) in [6.45, 7) is 0.648. The van der Waals surface area contributed by atoms with Crippen LogP contribution in [0.5, 0.6) is 0 Å². The molecular weight excluding hydrogens is 209 g/mol. The predicted molar refractivity (Wildman–Crippen MR) is 59.4 cm³/mol. The predicted octanol–water partition coefficient (Wildman–Crippen LogP) is 2.08. The van der Waals surface area contributed by atoms with Crippen molar-refractivity contribution in [1.82, 2.24) is 0 Å². The van der Waals surface area contributed by atoms with Gasteiger partial charge in [0, 0.05) is 12.2 Å². The lowest BCUT2D eigenvalue weighted by Gasteiger charge is -2.36. The van der Waals surface area contributed by atoms with E-state index in [1.54, 1.807) is 4.90 Å². The molecule has 3 nitrogen and oxygen atoms in total. The highest BCUT2D eigenvalue weighted by Gasteiger charge is 2.42. The minimum Gasteiger partial charge on any atom is -0.479 e. The quantitative estimate of drug-likeness (QED) is 0.834. The van der Waals surface area contributed by atoms with E-state index >= 15 is 0 Å². The van der Waals surface area contributed by atoms with E-state index in [4.69, 9.17) is 5.11 Å². The summed E-state index contributed by atoms with van der Waals surface area (Å²) in [5.41, 5.74) is -1.22. The van der Waals surface area contributed by atoms with Gasteiger partial charge in [0.2, 0.25) is 5.67 Å². The Kier molecular flexibility index (Phi) is 2.81. The Labute approximate surface area is 93.5 Å². The molecule has 1 aromatic carbocycles. The van der Waals surface area contributed by atoms with E-state index in [0.717, 1.165) is 5.69 Å². The van der Waals surface area contributed by atoms with Gasteiger partial charge in [0.15, 0.2) is 0 Å². The van der Waals surface area contributed by atoms with Crippen LogP contribution in [-0.2, 0) is 4.79 Å². The lowest BCUT2D eigenvalue weighted by Crippen LogP contribution is -2.50. The van der Waals surface area contributed by atoms with Gasteiger partial charge in [-0.3, -0.25) is 0 Å². The van der Waals surface area contributed by atoms with Gasteiger partial charge >= 0.3 is 5.97 Å². The molecule has 4 heteroatoms. The molecule has 0 aliphatic carbocycles. The number of para-hydroxylation sites is 1. The van der Waals surface area contributed by atoms with E-state index in [0.29, 0.717) is 13.0 Å². The number of anilines is 1. The highest BCUT2D eigenvalue weighted by Crippen LogP contribution is 2.28. The minimum atomic E-state index is -2.10. The van der Waals surface area contributed by atoms with E-state index < -0.39 is 11.6 Å². The van der Waals surface area contributed by atoms with Crippen LogP contribution < -0.4 is 4.90 Å². The monoisotopic (exact) mass is 223 g/mol. The number of alkyl halides is 1. The number of hydrogen-bond acceptors (Lipinski definition) is 2. The summed E-state index contributed by atoms with van der Waals surface area (Å²) in [6.07, 6.45) is 0.670. The number of carboxylic acids is 1. The molecule has 2 rings (SSSR count). The van der Waals surface area contributed by atoms with Gasteiger partial charge in [-0.2, -0.15) is 0 Å². The first-order valence-electron chi connectivity index (χ1n) is 5.34. The van der Waals surface area contributed by atoms with Crippen LogP contribution in [0.25, 0.3) is 0 Å². The fourth-order valence-electron chi connectivity index (χ4n) is 2.04. The van der Waals surface area contributed by atoms with Gasteiger partial charge in [-0.15, -0.1) is 0 Å². The largest absolute Gasteiger partial charge is 0.479 e. The summed E-state index contributed by atoms with van der Waals surface area (Å²) in [5.74, 6) is -1.35. The fraction of sp³-hybridized carbons (Fsp3) is 0.417. The van der Waals surface area contributed by atoms with Crippen LogP contribution in [0.3, 0.4) is 0 Å². The van der Waals surface area contributed by atoms with Crippen molar-refractivity contribution in [3.63, 3.8) is 0 Å². The molecular formula is C12H14FNO2. The summed E-state index contributed by atoms with van der Waals surface area (Å²) >= 11 is 0. The van der Waals surface area contributed by atoms with Gasteiger partial charge in [0.25, 0.3) is 0 Å². The number of hydrogen-bond donors (Lipinski definition) is 1. The van der Waals surface area contributed by atoms with Crippen LogP contribution in [0.1, 0.15) is 12.8 Å². The molecule has 86 valence electrons. The lowest BCUT2D eigenvalue weighted by atomic mass is 9.94. The van der Waals surface area contributed by atoms with Crippen LogP contribution >= 0.6 is 0 Å². The van der Waals surface area contributed by atoms with Crippen molar-refractivity contribution in [3.05, 3.63) is 30.3 Å². The van der Waals surface area contributed by atoms with E-state index in [2.05, 4.69) is 0 Å². The van der Waals surface area contributed by atoms with Crippen molar-refractivity contribution in [2.75, 3.05) is 18.0 Å². The highest BCUT2D eigenvalue weighted by atomic mass is 19.1. The zero-order valence-corrected chi connectivity index (χ0v) is 8.90. The van der Waals surface area contributed by atoms with E-state index in [9.17, 15) is 9.18 Å². The summed E-state index contributed by atoms with van der Waals surface area (Å²) in [7, 11) is 0. The van der Waals surface area contributed by atoms with Crippen LogP contribution in [0, 0.1) is 0 Å². The van der Waals surface area contributed by atoms with Crippen molar-refractivity contribution >= 4 is 11.7 Å². The molecule has 1 aliphatic heterocycles. The van der Waals surface area contributed by atoms with Gasteiger partial charge in [-0.25, -0.2) is 9.18 Å². The molecule has 1 heterocycles. The van der Waals surface area contributed by atoms with Crippen LogP contribution in [0.4, 0.5) is 10.1 Å². The van der Waals surface area contributed by atoms with Gasteiger partial charge < -0.3 is 10.0 Å². The smallest absolute Gasteiger partial charge is 0.343 e. The first kappa shape index (κ1) is 10.9. The topological polar surface area (TPSA) is 40.5 Å². The normalized spacial score (nSPS) is 25.4. The number of benzene rings is 1. The SMILES string of the molecule is O=C(O)C1(F)CCCN(c2ccccc2)C1. The second kappa shape index (κ2) is 4.12. The maximum atomic E-state index is 14.0. The number of carboxylic acid groups (broad SMARTS) is 1. The second-order valence-corrected chi connectivity index (χ2v) is 4.13. The molecule has 1 aromatic rings. The summed E-state index contributed by atoms with van der Waals surface area (Å²) in [5, 5.41) is 8.86. The third-order valence-corrected chi connectivity index (χ3v) is 2.95. The molecule has 1 unspecified atom stereocenters. The van der Waals surface area contributed by atoms with Gasteiger partial charge in [0.05, 0.1) is 6.54 Å². The summed E-state index contributed by atoms with van der Waals surface area (Å²) in [6, 6.07) is 9.35. The van der Waals surface area contributed by atoms with E-state index in [1.807, 2.05) is 30.3 Å². The van der Waals surface area contributed by atoms with Crippen molar-refractivity contribution in [2.24, 2.45) is 0 Å². The number of nitrogens with zero attached hydrogens (tertiary/aromatic N) is 1. The van der Waals surface area contributed by atoms with Crippen molar-refractivity contribution in [2.45, 2.75) is 18.5 Å². The zero-order valence-electron chi connectivity index (χ0n) is 8.90. The average Bonchev–Trinajstić information content (AvgIpc) is 2.30. The number of aliphatic carboxylic acids is 1. The Balaban J connectivity index is 2.17. The molecule has 1 fully saturated rings. The molecule has 0 bridgehead atoms. The second-order valence-electron chi connectivity index (χ2n) is 4.13. The standard InChI is InChI=1S/C12H14FNO2/c13-12(11(15)16)7-4-8-14(9-12)10-5-2-1-3-6-10/h1-3,5-6H,4,7-9H2,(H,15,16). The molecule has 1 atom stereocenters. The fourth-order valence-corrected chi connectivity index (χ4v) is 2.04. The average molecular weight is 223 g/mol. The van der Waals surface area contributed by atoms with Crippen LogP contribution in [0.15, 0.2) is 30.3 Å². The molecule has 0 aromatic heterocycles. The molecule has 0 amide bonds. The van der Waals surface area contributed by atoms with Crippen molar-refractivity contribution in [3.8, 4) is 0 Å². The van der Waals surface area contributed by atoms with E-state index in [1.165, 1.54) is 0 Å². The molecule has 1 saturated heterocycles. The minimum absolute atomic E-state index is 0.0631. The van der Waals surface area contributed by atoms with Gasteiger partial charge in [-0.05, 0) is 25.0 Å². The lowest BCUT2D eigenvalue weighted by molar-refractivity contribution is -0.151. The first-order chi connectivity index (χ1) is 7.62. The molecule has 16 heavy (non-hydrogen) atoms. The number of piperidine rings is 1. The summed E-state index contributed by atoms with van der Waals surface area (Å²) < 4.78 is 14.0. The highest BCUT2D eigenvalue weighted by molar-refractivity contribution is 5.78. The Bertz CT molecular complexity index is 382. The maximum absolute atomic E-state index is 14.0.